The Morgan fingerprint density at radius 3 is 2.53 bits per heavy atom. The Balaban J connectivity index is 1.31. The number of carbonyl (C=O) groups excluding carboxylic acids is 1. The van der Waals surface area contributed by atoms with Crippen LogP contribution in [0.5, 0.6) is 0 Å². The molecule has 2 saturated heterocycles. The third-order valence-corrected chi connectivity index (χ3v) is 8.88. The van der Waals surface area contributed by atoms with Crippen molar-refractivity contribution >= 4 is 5.97 Å². The van der Waals surface area contributed by atoms with Crippen molar-refractivity contribution in [3.05, 3.63) is 47.0 Å². The van der Waals surface area contributed by atoms with Gasteiger partial charge in [0.1, 0.15) is 11.7 Å². The number of hydrogen-bond acceptors (Lipinski definition) is 6. The summed E-state index contributed by atoms with van der Waals surface area (Å²) in [6.07, 6.45) is 3.99. The summed E-state index contributed by atoms with van der Waals surface area (Å²) < 4.78 is 12.1. The normalized spacial score (nSPS) is 36.8. The Morgan fingerprint density at radius 1 is 1.12 bits per heavy atom. The third-order valence-electron chi connectivity index (χ3n) is 8.88. The van der Waals surface area contributed by atoms with Gasteiger partial charge in [-0.05, 0) is 55.6 Å². The lowest BCUT2D eigenvalue weighted by Gasteiger charge is -2.50. The van der Waals surface area contributed by atoms with Crippen molar-refractivity contribution in [1.29, 1.82) is 0 Å². The molecule has 3 unspecified atom stereocenters. The van der Waals surface area contributed by atoms with Crippen LogP contribution in [0.25, 0.3) is 0 Å². The fraction of sp³-hybridized carbons (Fsp3) is 0.679. The van der Waals surface area contributed by atoms with E-state index in [9.17, 15) is 9.90 Å². The van der Waals surface area contributed by atoms with Gasteiger partial charge >= 0.3 is 5.97 Å². The van der Waals surface area contributed by atoms with E-state index in [-0.39, 0.29) is 23.4 Å². The maximum Gasteiger partial charge on any atom is 0.304 e. The Kier molecular flexibility index (Phi) is 6.62. The smallest absolute Gasteiger partial charge is 0.304 e. The Hall–Kier alpha value is -1.73. The average Bonchev–Trinajstić information content (AvgIpc) is 3.06. The molecule has 0 amide bonds. The SMILES string of the molecule is CC(=O)OC1O[C@H]2C3=C(C)CCC[C@]3(C)CCC2(O)C1CN1CCN(Cc2ccccc2)CC1. The number of ether oxygens (including phenoxy) is 2. The van der Waals surface area contributed by atoms with Crippen molar-refractivity contribution in [1.82, 2.24) is 9.80 Å². The molecular formula is C28H40N2O4. The fourth-order valence-electron chi connectivity index (χ4n) is 6.98. The number of allylic oxidation sites excluding steroid dienone is 1. The van der Waals surface area contributed by atoms with Gasteiger partial charge in [-0.25, -0.2) is 0 Å². The zero-order valence-corrected chi connectivity index (χ0v) is 21.0. The second kappa shape index (κ2) is 9.38. The highest BCUT2D eigenvalue weighted by Crippen LogP contribution is 2.58. The van der Waals surface area contributed by atoms with Crippen LogP contribution in [0.2, 0.25) is 0 Å². The summed E-state index contributed by atoms with van der Waals surface area (Å²) >= 11 is 0. The van der Waals surface area contributed by atoms with E-state index in [0.717, 1.165) is 52.0 Å². The molecule has 1 saturated carbocycles. The molecule has 34 heavy (non-hydrogen) atoms. The number of nitrogens with zero attached hydrogens (tertiary/aromatic N) is 2. The van der Waals surface area contributed by atoms with Crippen molar-refractivity contribution < 1.29 is 19.4 Å². The van der Waals surface area contributed by atoms with Crippen LogP contribution in [0.4, 0.5) is 0 Å². The number of fused-ring (bicyclic) bond motifs is 3. The first-order valence-electron chi connectivity index (χ1n) is 13.0. The molecule has 186 valence electrons. The second-order valence-corrected chi connectivity index (χ2v) is 11.3. The van der Waals surface area contributed by atoms with Gasteiger partial charge in [0, 0.05) is 46.2 Å². The minimum Gasteiger partial charge on any atom is -0.435 e. The number of carbonyl (C=O) groups is 1. The molecule has 1 aromatic carbocycles. The zero-order chi connectivity index (χ0) is 23.9. The summed E-state index contributed by atoms with van der Waals surface area (Å²) in [5, 5.41) is 12.1. The molecule has 2 aliphatic carbocycles. The highest BCUT2D eigenvalue weighted by molar-refractivity contribution is 5.66. The quantitative estimate of drug-likeness (QED) is 0.525. The van der Waals surface area contributed by atoms with Crippen LogP contribution in [0.1, 0.15) is 58.4 Å². The maximum atomic E-state index is 12.1. The molecule has 2 aliphatic heterocycles. The molecule has 0 spiro atoms. The molecule has 1 N–H and O–H groups in total. The summed E-state index contributed by atoms with van der Waals surface area (Å²) in [6, 6.07) is 10.6. The van der Waals surface area contributed by atoms with Crippen molar-refractivity contribution in [2.75, 3.05) is 32.7 Å². The van der Waals surface area contributed by atoms with Gasteiger partial charge in [0.2, 0.25) is 6.29 Å². The van der Waals surface area contributed by atoms with Crippen LogP contribution in [-0.2, 0) is 20.8 Å². The van der Waals surface area contributed by atoms with Crippen LogP contribution < -0.4 is 0 Å². The van der Waals surface area contributed by atoms with E-state index in [4.69, 9.17) is 9.47 Å². The van der Waals surface area contributed by atoms with Crippen molar-refractivity contribution in [3.63, 3.8) is 0 Å². The number of benzene rings is 1. The lowest BCUT2D eigenvalue weighted by atomic mass is 9.57. The van der Waals surface area contributed by atoms with Crippen molar-refractivity contribution in [2.24, 2.45) is 11.3 Å². The molecule has 5 rings (SSSR count). The fourth-order valence-corrected chi connectivity index (χ4v) is 6.98. The first-order chi connectivity index (χ1) is 16.3. The van der Waals surface area contributed by atoms with E-state index in [1.807, 2.05) is 0 Å². The Labute approximate surface area is 203 Å². The van der Waals surface area contributed by atoms with Crippen LogP contribution in [0.3, 0.4) is 0 Å². The first kappa shape index (κ1) is 24.0. The lowest BCUT2D eigenvalue weighted by molar-refractivity contribution is -0.178. The third kappa shape index (κ3) is 4.46. The lowest BCUT2D eigenvalue weighted by Crippen LogP contribution is -2.57. The summed E-state index contributed by atoms with van der Waals surface area (Å²) in [7, 11) is 0. The largest absolute Gasteiger partial charge is 0.435 e. The molecule has 3 fully saturated rings. The number of aliphatic hydroxyl groups is 1. The van der Waals surface area contributed by atoms with Crippen molar-refractivity contribution in [3.8, 4) is 0 Å². The zero-order valence-electron chi connectivity index (χ0n) is 21.0. The van der Waals surface area contributed by atoms with E-state index >= 15 is 0 Å². The second-order valence-electron chi connectivity index (χ2n) is 11.3. The van der Waals surface area contributed by atoms with Gasteiger partial charge in [0.15, 0.2) is 0 Å². The molecule has 0 radical (unpaired) electrons. The van der Waals surface area contributed by atoms with E-state index in [0.29, 0.717) is 13.0 Å². The molecule has 6 nitrogen and oxygen atoms in total. The average molecular weight is 469 g/mol. The molecule has 5 atom stereocenters. The number of rotatable bonds is 5. The molecule has 2 heterocycles. The molecule has 0 aromatic heterocycles. The maximum absolute atomic E-state index is 12.1. The van der Waals surface area contributed by atoms with Gasteiger partial charge in [-0.15, -0.1) is 0 Å². The van der Waals surface area contributed by atoms with Gasteiger partial charge in [-0.2, -0.15) is 0 Å². The van der Waals surface area contributed by atoms with Gasteiger partial charge in [-0.3, -0.25) is 9.69 Å². The molecule has 1 aromatic rings. The van der Waals surface area contributed by atoms with Gasteiger partial charge in [0.05, 0.1) is 5.92 Å². The number of piperazine rings is 1. The first-order valence-corrected chi connectivity index (χ1v) is 13.0. The highest BCUT2D eigenvalue weighted by atomic mass is 16.7. The summed E-state index contributed by atoms with van der Waals surface area (Å²) in [5.41, 5.74) is 3.06. The van der Waals surface area contributed by atoms with E-state index in [1.54, 1.807) is 0 Å². The van der Waals surface area contributed by atoms with Crippen LogP contribution in [0.15, 0.2) is 41.5 Å². The molecule has 0 bridgehead atoms. The van der Waals surface area contributed by atoms with Crippen LogP contribution in [0, 0.1) is 11.3 Å². The molecule has 4 aliphatic rings. The summed E-state index contributed by atoms with van der Waals surface area (Å²) in [6.45, 7) is 11.5. The monoisotopic (exact) mass is 468 g/mol. The van der Waals surface area contributed by atoms with Gasteiger partial charge < -0.3 is 19.5 Å². The summed E-state index contributed by atoms with van der Waals surface area (Å²) in [4.78, 5) is 16.9. The predicted octanol–water partition coefficient (Wildman–Crippen LogP) is 3.74. The Morgan fingerprint density at radius 2 is 1.82 bits per heavy atom. The Bertz CT molecular complexity index is 926. The van der Waals surface area contributed by atoms with Gasteiger partial charge in [0.25, 0.3) is 0 Å². The van der Waals surface area contributed by atoms with E-state index < -0.39 is 11.9 Å². The number of esters is 1. The van der Waals surface area contributed by atoms with Crippen molar-refractivity contribution in [2.45, 2.75) is 77.4 Å². The minimum atomic E-state index is -0.991. The van der Waals surface area contributed by atoms with Crippen LogP contribution in [-0.4, -0.2) is 71.6 Å². The highest BCUT2D eigenvalue weighted by Gasteiger charge is 2.63. The predicted molar refractivity (Wildman–Crippen MR) is 131 cm³/mol. The minimum absolute atomic E-state index is 0.0813. The standard InChI is InChI=1S/C28H40N2O4/c1-20-8-7-11-27(3)12-13-28(32)23(26(33-21(2)31)34-25(28)24(20)27)19-30-16-14-29(15-17-30)18-22-9-5-4-6-10-22/h4-6,9-10,23,25-26,32H,7-8,11-19H2,1-3H3/t23?,25-,26?,27+,28?/m0/s1. The molecular weight excluding hydrogens is 428 g/mol. The topological polar surface area (TPSA) is 62.2 Å². The van der Waals surface area contributed by atoms with E-state index in [2.05, 4.69) is 54.0 Å². The molecule has 6 heteroatoms. The summed E-state index contributed by atoms with van der Waals surface area (Å²) in [5.74, 6) is -0.587. The van der Waals surface area contributed by atoms with Crippen LogP contribution >= 0.6 is 0 Å². The van der Waals surface area contributed by atoms with Gasteiger partial charge in [-0.1, -0.05) is 42.8 Å². The number of hydrogen-bond donors (Lipinski definition) is 1. The van der Waals surface area contributed by atoms with E-state index in [1.165, 1.54) is 30.1 Å².